The summed E-state index contributed by atoms with van der Waals surface area (Å²) in [5.74, 6) is 0. The molecule has 1 aliphatic heterocycles. The van der Waals surface area contributed by atoms with E-state index < -0.39 is 0 Å². The normalized spacial score (nSPS) is 20.4. The highest BCUT2D eigenvalue weighted by molar-refractivity contribution is 4.84. The Hall–Kier alpha value is -0.120. The predicted octanol–water partition coefficient (Wildman–Crippen LogP) is 1.66. The van der Waals surface area contributed by atoms with E-state index in [0.29, 0.717) is 5.54 Å². The van der Waals surface area contributed by atoms with Crippen molar-refractivity contribution < 1.29 is 4.74 Å². The maximum Gasteiger partial charge on any atom is 0.0483 e. The van der Waals surface area contributed by atoms with Crippen molar-refractivity contribution in [2.24, 2.45) is 5.73 Å². The zero-order valence-electron chi connectivity index (χ0n) is 10.1. The van der Waals surface area contributed by atoms with Gasteiger partial charge in [0.05, 0.1) is 0 Å². The molecule has 0 spiro atoms. The maximum absolute atomic E-state index is 5.45. The minimum absolute atomic E-state index is 0.326. The quantitative estimate of drug-likeness (QED) is 0.634. The van der Waals surface area contributed by atoms with Gasteiger partial charge in [-0.25, -0.2) is 0 Å². The van der Waals surface area contributed by atoms with Gasteiger partial charge in [-0.2, -0.15) is 0 Å². The molecule has 90 valence electrons. The Morgan fingerprint density at radius 1 is 1.13 bits per heavy atom. The molecule has 1 heterocycles. The van der Waals surface area contributed by atoms with E-state index in [1.165, 1.54) is 25.7 Å². The number of nitrogens with one attached hydrogen (secondary N) is 1. The topological polar surface area (TPSA) is 47.3 Å². The molecule has 0 atom stereocenters. The lowest BCUT2D eigenvalue weighted by Crippen LogP contribution is -2.47. The average Bonchev–Trinajstić information content (AvgIpc) is 2.24. The molecule has 0 aromatic heterocycles. The number of nitrogens with two attached hydrogens (primary N) is 1. The van der Waals surface area contributed by atoms with Gasteiger partial charge in [0, 0.05) is 18.8 Å². The molecule has 0 radical (unpaired) electrons. The molecule has 3 nitrogen and oxygen atoms in total. The van der Waals surface area contributed by atoms with Crippen LogP contribution in [0.15, 0.2) is 0 Å². The van der Waals surface area contributed by atoms with Crippen LogP contribution < -0.4 is 11.1 Å². The van der Waals surface area contributed by atoms with Crippen LogP contribution in [0.3, 0.4) is 0 Å². The number of unbranched alkanes of at least 4 members (excludes halogenated alkanes) is 3. The lowest BCUT2D eigenvalue weighted by atomic mass is 9.92. The first-order chi connectivity index (χ1) is 7.27. The van der Waals surface area contributed by atoms with E-state index >= 15 is 0 Å². The Kier molecular flexibility index (Phi) is 6.22. The summed E-state index contributed by atoms with van der Waals surface area (Å²) >= 11 is 0. The van der Waals surface area contributed by atoms with Gasteiger partial charge in [-0.15, -0.1) is 0 Å². The molecular weight excluding hydrogens is 188 g/mol. The molecule has 1 saturated heterocycles. The molecule has 15 heavy (non-hydrogen) atoms. The third kappa shape index (κ3) is 5.50. The fraction of sp³-hybridized carbons (Fsp3) is 1.00. The highest BCUT2D eigenvalue weighted by Crippen LogP contribution is 2.19. The van der Waals surface area contributed by atoms with E-state index in [4.69, 9.17) is 10.5 Å². The Morgan fingerprint density at radius 3 is 2.47 bits per heavy atom. The van der Waals surface area contributed by atoms with Gasteiger partial charge in [0.15, 0.2) is 0 Å². The van der Waals surface area contributed by atoms with E-state index in [2.05, 4.69) is 12.2 Å². The largest absolute Gasteiger partial charge is 0.381 e. The number of hydrogen-bond acceptors (Lipinski definition) is 3. The van der Waals surface area contributed by atoms with Crippen LogP contribution in [0, 0.1) is 0 Å². The van der Waals surface area contributed by atoms with Gasteiger partial charge < -0.3 is 15.8 Å². The lowest BCUT2D eigenvalue weighted by molar-refractivity contribution is 0.0453. The van der Waals surface area contributed by atoms with Crippen LogP contribution in [-0.2, 0) is 4.74 Å². The Morgan fingerprint density at radius 2 is 1.80 bits per heavy atom. The first kappa shape index (κ1) is 12.9. The van der Waals surface area contributed by atoms with Gasteiger partial charge in [-0.05, 0) is 45.7 Å². The predicted molar refractivity (Wildman–Crippen MR) is 64.0 cm³/mol. The van der Waals surface area contributed by atoms with Crippen LogP contribution in [-0.4, -0.2) is 31.8 Å². The molecule has 0 aromatic rings. The van der Waals surface area contributed by atoms with Gasteiger partial charge in [-0.1, -0.05) is 12.8 Å². The molecule has 0 amide bonds. The molecule has 0 bridgehead atoms. The summed E-state index contributed by atoms with van der Waals surface area (Å²) in [5.41, 5.74) is 5.78. The van der Waals surface area contributed by atoms with Crippen LogP contribution in [0.4, 0.5) is 0 Å². The van der Waals surface area contributed by atoms with Crippen LogP contribution in [0.5, 0.6) is 0 Å². The van der Waals surface area contributed by atoms with E-state index in [-0.39, 0.29) is 0 Å². The summed E-state index contributed by atoms with van der Waals surface area (Å²) in [7, 11) is 0. The average molecular weight is 214 g/mol. The zero-order valence-corrected chi connectivity index (χ0v) is 10.1. The van der Waals surface area contributed by atoms with Gasteiger partial charge in [0.25, 0.3) is 0 Å². The second-order valence-electron chi connectivity index (χ2n) is 4.80. The maximum atomic E-state index is 5.45. The molecule has 0 aromatic carbocycles. The van der Waals surface area contributed by atoms with Crippen LogP contribution in [0.2, 0.25) is 0 Å². The second kappa shape index (κ2) is 7.20. The second-order valence-corrected chi connectivity index (χ2v) is 4.80. The van der Waals surface area contributed by atoms with E-state index in [0.717, 1.165) is 39.1 Å². The SMILES string of the molecule is CC1(NCCCCCCN)CCOCC1. The molecule has 1 aliphatic rings. The Balaban J connectivity index is 1.98. The summed E-state index contributed by atoms with van der Waals surface area (Å²) in [6, 6.07) is 0. The molecule has 0 saturated carbocycles. The van der Waals surface area contributed by atoms with Gasteiger partial charge >= 0.3 is 0 Å². The number of ether oxygens (including phenoxy) is 1. The van der Waals surface area contributed by atoms with Crippen molar-refractivity contribution in [2.75, 3.05) is 26.3 Å². The first-order valence-corrected chi connectivity index (χ1v) is 6.30. The lowest BCUT2D eigenvalue weighted by Gasteiger charge is -2.34. The van der Waals surface area contributed by atoms with E-state index in [1.54, 1.807) is 0 Å². The summed E-state index contributed by atoms with van der Waals surface area (Å²) in [5, 5.41) is 3.66. The summed E-state index contributed by atoms with van der Waals surface area (Å²) in [6.45, 7) is 6.12. The van der Waals surface area contributed by atoms with Crippen molar-refractivity contribution in [3.05, 3.63) is 0 Å². The monoisotopic (exact) mass is 214 g/mol. The molecular formula is C12H26N2O. The highest BCUT2D eigenvalue weighted by atomic mass is 16.5. The van der Waals surface area contributed by atoms with Gasteiger partial charge in [-0.3, -0.25) is 0 Å². The van der Waals surface area contributed by atoms with Crippen molar-refractivity contribution in [3.63, 3.8) is 0 Å². The first-order valence-electron chi connectivity index (χ1n) is 6.30. The fourth-order valence-corrected chi connectivity index (χ4v) is 2.01. The van der Waals surface area contributed by atoms with Crippen molar-refractivity contribution in [3.8, 4) is 0 Å². The minimum atomic E-state index is 0.326. The molecule has 1 rings (SSSR count). The zero-order chi connectivity index (χ0) is 11.0. The van der Waals surface area contributed by atoms with Gasteiger partial charge in [0.2, 0.25) is 0 Å². The molecule has 3 heteroatoms. The van der Waals surface area contributed by atoms with Crippen LogP contribution >= 0.6 is 0 Å². The van der Waals surface area contributed by atoms with Crippen molar-refractivity contribution in [2.45, 2.75) is 51.0 Å². The van der Waals surface area contributed by atoms with Crippen molar-refractivity contribution >= 4 is 0 Å². The van der Waals surface area contributed by atoms with E-state index in [9.17, 15) is 0 Å². The van der Waals surface area contributed by atoms with Gasteiger partial charge in [0.1, 0.15) is 0 Å². The Bertz CT molecular complexity index is 156. The van der Waals surface area contributed by atoms with Crippen LogP contribution in [0.1, 0.15) is 45.4 Å². The summed E-state index contributed by atoms with van der Waals surface area (Å²) in [4.78, 5) is 0. The standard InChI is InChI=1S/C12H26N2O/c1-12(6-10-15-11-7-12)14-9-5-3-2-4-8-13/h14H,2-11,13H2,1H3. The Labute approximate surface area is 93.8 Å². The highest BCUT2D eigenvalue weighted by Gasteiger charge is 2.25. The molecule has 0 unspecified atom stereocenters. The molecule has 1 fully saturated rings. The third-order valence-electron chi connectivity index (χ3n) is 3.28. The smallest absolute Gasteiger partial charge is 0.0483 e. The summed E-state index contributed by atoms with van der Waals surface area (Å²) < 4.78 is 5.37. The molecule has 3 N–H and O–H groups in total. The van der Waals surface area contributed by atoms with Crippen molar-refractivity contribution in [1.82, 2.24) is 5.32 Å². The van der Waals surface area contributed by atoms with Crippen LogP contribution in [0.25, 0.3) is 0 Å². The van der Waals surface area contributed by atoms with Crippen molar-refractivity contribution in [1.29, 1.82) is 0 Å². The van der Waals surface area contributed by atoms with E-state index in [1.807, 2.05) is 0 Å². The number of rotatable bonds is 7. The summed E-state index contributed by atoms with van der Waals surface area (Å²) in [6.07, 6.45) is 7.32. The minimum Gasteiger partial charge on any atom is -0.381 e. The fourth-order valence-electron chi connectivity index (χ4n) is 2.01. The number of hydrogen-bond donors (Lipinski definition) is 2. The third-order valence-corrected chi connectivity index (χ3v) is 3.28. The molecule has 0 aliphatic carbocycles.